The molecule has 1 aromatic heterocycles. The maximum atomic E-state index is 9.45. The normalized spacial score (nSPS) is 10.9. The Kier molecular flexibility index (Phi) is 6.12. The molecule has 136 valence electrons. The van der Waals surface area contributed by atoms with Gasteiger partial charge in [-0.05, 0) is 51.5 Å². The number of hydrogen-bond acceptors (Lipinski definition) is 6. The van der Waals surface area contributed by atoms with Gasteiger partial charge in [0.2, 0.25) is 0 Å². The highest BCUT2D eigenvalue weighted by Crippen LogP contribution is 2.29. The van der Waals surface area contributed by atoms with E-state index >= 15 is 0 Å². The number of anilines is 1. The minimum atomic E-state index is 0.241. The third-order valence-electron chi connectivity index (χ3n) is 4.20. The molecule has 0 aliphatic heterocycles. The topological polar surface area (TPSA) is 95.6 Å². The molecule has 0 aliphatic rings. The maximum Gasteiger partial charge on any atom is 0.191 e. The van der Waals surface area contributed by atoms with Crippen LogP contribution >= 0.6 is 0 Å². The Labute approximate surface area is 154 Å². The van der Waals surface area contributed by atoms with Crippen LogP contribution in [-0.2, 0) is 6.54 Å². The number of nitriles is 1. The summed E-state index contributed by atoms with van der Waals surface area (Å²) in [4.78, 5) is 2.27. The van der Waals surface area contributed by atoms with Crippen molar-refractivity contribution in [1.29, 1.82) is 5.26 Å². The highest BCUT2D eigenvalue weighted by atomic mass is 15.4. The van der Waals surface area contributed by atoms with Gasteiger partial charge in [-0.3, -0.25) is 0 Å². The standard InChI is InChI=1S/C19H25N7/c1-6-25(7-2)15-9-10-17(13(4)11-15)22-23-19-16(12-20)18(14(5)21)24-26(19)8-3/h9-11H,5-8,21H2,1-4H3/b23-22-. The van der Waals surface area contributed by atoms with Crippen molar-refractivity contribution < 1.29 is 0 Å². The summed E-state index contributed by atoms with van der Waals surface area (Å²) in [6.45, 7) is 14.3. The third kappa shape index (κ3) is 3.75. The van der Waals surface area contributed by atoms with E-state index in [4.69, 9.17) is 5.73 Å². The van der Waals surface area contributed by atoms with Crippen LogP contribution < -0.4 is 10.6 Å². The van der Waals surface area contributed by atoms with E-state index in [0.29, 0.717) is 23.6 Å². The highest BCUT2D eigenvalue weighted by molar-refractivity contribution is 5.68. The van der Waals surface area contributed by atoms with Crippen molar-refractivity contribution in [2.45, 2.75) is 34.2 Å². The Morgan fingerprint density at radius 2 is 2.00 bits per heavy atom. The van der Waals surface area contributed by atoms with Crippen molar-refractivity contribution in [3.8, 4) is 6.07 Å². The summed E-state index contributed by atoms with van der Waals surface area (Å²) in [5, 5.41) is 22.4. The molecule has 2 N–H and O–H groups in total. The second-order valence-electron chi connectivity index (χ2n) is 5.84. The van der Waals surface area contributed by atoms with Crippen LogP contribution in [0.2, 0.25) is 0 Å². The Morgan fingerprint density at radius 1 is 1.31 bits per heavy atom. The molecule has 26 heavy (non-hydrogen) atoms. The van der Waals surface area contributed by atoms with Crippen LogP contribution in [0.25, 0.3) is 5.70 Å². The van der Waals surface area contributed by atoms with Crippen LogP contribution in [0, 0.1) is 18.3 Å². The number of hydrogen-bond donors (Lipinski definition) is 1. The zero-order valence-corrected chi connectivity index (χ0v) is 15.8. The Morgan fingerprint density at radius 3 is 2.50 bits per heavy atom. The first kappa shape index (κ1) is 19.2. The molecule has 0 saturated heterocycles. The van der Waals surface area contributed by atoms with E-state index < -0.39 is 0 Å². The Balaban J connectivity index is 2.42. The summed E-state index contributed by atoms with van der Waals surface area (Å²) >= 11 is 0. The van der Waals surface area contributed by atoms with Gasteiger partial charge in [-0.2, -0.15) is 10.4 Å². The number of nitrogens with two attached hydrogens (primary N) is 1. The number of azo groups is 1. The van der Waals surface area contributed by atoms with E-state index in [1.165, 1.54) is 0 Å². The summed E-state index contributed by atoms with van der Waals surface area (Å²) < 4.78 is 1.61. The van der Waals surface area contributed by atoms with Crippen LogP contribution in [0.4, 0.5) is 17.2 Å². The minimum absolute atomic E-state index is 0.241. The van der Waals surface area contributed by atoms with Gasteiger partial charge in [0.25, 0.3) is 0 Å². The molecular weight excluding hydrogens is 326 g/mol. The van der Waals surface area contributed by atoms with Crippen molar-refractivity contribution in [3.05, 3.63) is 41.6 Å². The van der Waals surface area contributed by atoms with E-state index in [1.54, 1.807) is 4.68 Å². The third-order valence-corrected chi connectivity index (χ3v) is 4.20. The molecule has 7 heteroatoms. The molecule has 0 radical (unpaired) electrons. The van der Waals surface area contributed by atoms with Crippen LogP contribution in [-0.4, -0.2) is 22.9 Å². The van der Waals surface area contributed by atoms with E-state index in [-0.39, 0.29) is 5.70 Å². The number of nitrogens with zero attached hydrogens (tertiary/aromatic N) is 6. The van der Waals surface area contributed by atoms with E-state index in [0.717, 1.165) is 30.0 Å². The van der Waals surface area contributed by atoms with E-state index in [2.05, 4.69) is 52.8 Å². The average Bonchev–Trinajstić information content (AvgIpc) is 3.00. The van der Waals surface area contributed by atoms with Crippen LogP contribution in [0.15, 0.2) is 35.0 Å². The molecule has 0 amide bonds. The molecule has 0 fully saturated rings. The SMILES string of the molecule is C=C(N)c1nn(CC)c(/N=N\c2ccc(N(CC)CC)cc2C)c1C#N. The monoisotopic (exact) mass is 351 g/mol. The second kappa shape index (κ2) is 8.30. The molecule has 0 unspecified atom stereocenters. The highest BCUT2D eigenvalue weighted by Gasteiger charge is 2.18. The van der Waals surface area contributed by atoms with Crippen molar-refractivity contribution in [1.82, 2.24) is 9.78 Å². The average molecular weight is 351 g/mol. The fraction of sp³-hybridized carbons (Fsp3) is 0.368. The van der Waals surface area contributed by atoms with Gasteiger partial charge < -0.3 is 10.6 Å². The fourth-order valence-electron chi connectivity index (χ4n) is 2.74. The molecular formula is C19H25N7. The van der Waals surface area contributed by atoms with Gasteiger partial charge in [-0.25, -0.2) is 4.68 Å². The molecule has 2 rings (SSSR count). The first-order valence-corrected chi connectivity index (χ1v) is 8.69. The molecule has 0 aliphatic carbocycles. The molecule has 2 aromatic rings. The van der Waals surface area contributed by atoms with Gasteiger partial charge in [0, 0.05) is 25.3 Å². The second-order valence-corrected chi connectivity index (χ2v) is 5.84. The molecule has 0 bridgehead atoms. The first-order valence-electron chi connectivity index (χ1n) is 8.69. The summed E-state index contributed by atoms with van der Waals surface area (Å²) in [6.07, 6.45) is 0. The lowest BCUT2D eigenvalue weighted by Crippen LogP contribution is -2.21. The van der Waals surface area contributed by atoms with Gasteiger partial charge in [0.05, 0.1) is 11.4 Å². The van der Waals surface area contributed by atoms with Crippen molar-refractivity contribution in [2.24, 2.45) is 16.0 Å². The smallest absolute Gasteiger partial charge is 0.191 e. The molecule has 1 heterocycles. The van der Waals surface area contributed by atoms with Crippen molar-refractivity contribution in [3.63, 3.8) is 0 Å². The summed E-state index contributed by atoms with van der Waals surface area (Å²) in [6, 6.07) is 8.17. The van der Waals surface area contributed by atoms with Crippen molar-refractivity contribution >= 4 is 22.9 Å². The predicted molar refractivity (Wildman–Crippen MR) is 105 cm³/mol. The van der Waals surface area contributed by atoms with E-state index in [9.17, 15) is 5.26 Å². The summed E-state index contributed by atoms with van der Waals surface area (Å²) in [5.41, 5.74) is 9.55. The number of benzene rings is 1. The first-order chi connectivity index (χ1) is 12.5. The van der Waals surface area contributed by atoms with Crippen molar-refractivity contribution in [2.75, 3.05) is 18.0 Å². The zero-order valence-electron chi connectivity index (χ0n) is 15.8. The summed E-state index contributed by atoms with van der Waals surface area (Å²) in [7, 11) is 0. The van der Waals surface area contributed by atoms with Crippen LogP contribution in [0.3, 0.4) is 0 Å². The van der Waals surface area contributed by atoms with Gasteiger partial charge in [0.1, 0.15) is 17.3 Å². The molecule has 0 atom stereocenters. The predicted octanol–water partition coefficient (Wildman–Crippen LogP) is 4.27. The van der Waals surface area contributed by atoms with Gasteiger partial charge in [0.15, 0.2) is 5.82 Å². The number of aromatic nitrogens is 2. The maximum absolute atomic E-state index is 9.45. The number of aryl methyl sites for hydroxylation is 2. The quantitative estimate of drug-likeness (QED) is 0.753. The van der Waals surface area contributed by atoms with Gasteiger partial charge >= 0.3 is 0 Å². The summed E-state index contributed by atoms with van der Waals surface area (Å²) in [5.74, 6) is 0.392. The fourth-order valence-corrected chi connectivity index (χ4v) is 2.74. The van der Waals surface area contributed by atoms with Gasteiger partial charge in [-0.1, -0.05) is 6.58 Å². The van der Waals surface area contributed by atoms with Crippen LogP contribution in [0.1, 0.15) is 37.6 Å². The van der Waals surface area contributed by atoms with Crippen LogP contribution in [0.5, 0.6) is 0 Å². The Hall–Kier alpha value is -3.14. The molecule has 1 aromatic carbocycles. The largest absolute Gasteiger partial charge is 0.397 e. The lowest BCUT2D eigenvalue weighted by atomic mass is 10.1. The lowest BCUT2D eigenvalue weighted by Gasteiger charge is -2.21. The molecule has 0 spiro atoms. The number of rotatable bonds is 7. The molecule has 0 saturated carbocycles. The lowest BCUT2D eigenvalue weighted by molar-refractivity contribution is 0.657. The Bertz CT molecular complexity index is 867. The zero-order chi connectivity index (χ0) is 19.3. The van der Waals surface area contributed by atoms with Gasteiger partial charge in [-0.15, -0.1) is 10.2 Å². The molecule has 7 nitrogen and oxygen atoms in total. The minimum Gasteiger partial charge on any atom is -0.397 e. The van der Waals surface area contributed by atoms with E-state index in [1.807, 2.05) is 26.0 Å².